The number of nitrogens with two attached hydrogens (primary N) is 1. The predicted molar refractivity (Wildman–Crippen MR) is 152 cm³/mol. The van der Waals surface area contributed by atoms with Crippen molar-refractivity contribution in [3.05, 3.63) is 48.0 Å². The average Bonchev–Trinajstić information content (AvgIpc) is 3.42. The highest BCUT2D eigenvalue weighted by Crippen LogP contribution is 2.12. The largest absolute Gasteiger partial charge is 0.508 e. The Morgan fingerprint density at radius 1 is 0.897 bits per heavy atom. The molecule has 0 aliphatic carbocycles. The number of aromatic nitrogens is 2. The summed E-state index contributed by atoms with van der Waals surface area (Å²) >= 11 is 2.97. The fourth-order valence-electron chi connectivity index (χ4n) is 3.63. The maximum atomic E-state index is 13.2. The number of aromatic amines is 1. The van der Waals surface area contributed by atoms with Gasteiger partial charge in [-0.3, -0.25) is 14.4 Å². The van der Waals surface area contributed by atoms with Gasteiger partial charge >= 0.3 is 5.97 Å². The molecule has 1 aromatic heterocycles. The van der Waals surface area contributed by atoms with E-state index in [2.05, 4.69) is 25.9 Å². The van der Waals surface area contributed by atoms with Crippen LogP contribution < -0.4 is 21.7 Å². The number of nitrogens with one attached hydrogen (secondary N) is 4. The highest BCUT2D eigenvalue weighted by molar-refractivity contribution is 7.98. The Morgan fingerprint density at radius 3 is 1.92 bits per heavy atom. The van der Waals surface area contributed by atoms with Crippen LogP contribution in [0.3, 0.4) is 0 Å². The summed E-state index contributed by atoms with van der Waals surface area (Å²) in [5.74, 6) is -1.74. The first-order valence-corrected chi connectivity index (χ1v) is 15.1. The number of aliphatic carboxylic acids is 1. The van der Waals surface area contributed by atoms with Gasteiger partial charge in [0.15, 0.2) is 0 Å². The lowest BCUT2D eigenvalue weighted by Gasteiger charge is -2.25. The average molecular weight is 581 g/mol. The lowest BCUT2D eigenvalue weighted by Crippen LogP contribution is -2.57. The number of H-pyrrole nitrogens is 1. The smallest absolute Gasteiger partial charge is 0.326 e. The van der Waals surface area contributed by atoms with Gasteiger partial charge in [0.05, 0.1) is 12.4 Å². The van der Waals surface area contributed by atoms with Gasteiger partial charge in [0.25, 0.3) is 0 Å². The summed E-state index contributed by atoms with van der Waals surface area (Å²) in [5, 5.41) is 26.9. The van der Waals surface area contributed by atoms with E-state index in [4.69, 9.17) is 5.73 Å². The van der Waals surface area contributed by atoms with Crippen molar-refractivity contribution in [2.45, 2.75) is 49.9 Å². The van der Waals surface area contributed by atoms with Crippen LogP contribution in [0.25, 0.3) is 0 Å². The van der Waals surface area contributed by atoms with E-state index in [1.54, 1.807) is 12.1 Å². The monoisotopic (exact) mass is 580 g/mol. The molecule has 12 nitrogen and oxygen atoms in total. The van der Waals surface area contributed by atoms with Gasteiger partial charge in [0.1, 0.15) is 23.9 Å². The zero-order chi connectivity index (χ0) is 28.8. The molecule has 0 radical (unpaired) electrons. The Bertz CT molecular complexity index is 1070. The van der Waals surface area contributed by atoms with E-state index in [0.717, 1.165) is 5.56 Å². The lowest BCUT2D eigenvalue weighted by molar-refractivity contribution is -0.142. The number of carbonyl (C=O) groups is 4. The Morgan fingerprint density at radius 2 is 1.44 bits per heavy atom. The van der Waals surface area contributed by atoms with Crippen LogP contribution in [0.4, 0.5) is 0 Å². The van der Waals surface area contributed by atoms with Gasteiger partial charge in [-0.15, -0.1) is 0 Å². The molecule has 14 heteroatoms. The molecule has 4 unspecified atom stereocenters. The second kappa shape index (κ2) is 16.7. The number of carbonyl (C=O) groups excluding carboxylic acids is 3. The molecule has 2 rings (SSSR count). The number of phenols is 1. The highest BCUT2D eigenvalue weighted by Gasteiger charge is 2.30. The zero-order valence-electron chi connectivity index (χ0n) is 21.9. The van der Waals surface area contributed by atoms with Crippen LogP contribution in [0.2, 0.25) is 0 Å². The van der Waals surface area contributed by atoms with Crippen molar-refractivity contribution in [2.75, 3.05) is 24.0 Å². The van der Waals surface area contributed by atoms with Crippen LogP contribution in [0.15, 0.2) is 36.8 Å². The lowest BCUT2D eigenvalue weighted by atomic mass is 10.0. The summed E-state index contributed by atoms with van der Waals surface area (Å²) < 4.78 is 0. The molecular weight excluding hydrogens is 544 g/mol. The highest BCUT2D eigenvalue weighted by atomic mass is 32.2. The van der Waals surface area contributed by atoms with E-state index in [1.165, 1.54) is 48.2 Å². The molecule has 0 saturated carbocycles. The maximum absolute atomic E-state index is 13.2. The van der Waals surface area contributed by atoms with Crippen molar-refractivity contribution in [3.63, 3.8) is 0 Å². The summed E-state index contributed by atoms with van der Waals surface area (Å²) in [4.78, 5) is 57.6. The molecule has 214 valence electrons. The number of hydrogen-bond donors (Lipinski definition) is 7. The first kappa shape index (κ1) is 32.0. The Kier molecular flexibility index (Phi) is 13.7. The summed E-state index contributed by atoms with van der Waals surface area (Å²) in [6.45, 7) is 0. The van der Waals surface area contributed by atoms with E-state index in [1.807, 2.05) is 12.5 Å². The third-order valence-electron chi connectivity index (χ3n) is 5.81. The molecule has 0 spiro atoms. The number of aromatic hydroxyl groups is 1. The maximum Gasteiger partial charge on any atom is 0.326 e. The molecule has 8 N–H and O–H groups in total. The van der Waals surface area contributed by atoms with Gasteiger partial charge < -0.3 is 36.9 Å². The summed E-state index contributed by atoms with van der Waals surface area (Å²) in [6.07, 6.45) is 7.37. The number of benzene rings is 1. The number of imidazole rings is 1. The summed E-state index contributed by atoms with van der Waals surface area (Å²) in [6, 6.07) is 2.20. The zero-order valence-corrected chi connectivity index (χ0v) is 23.5. The summed E-state index contributed by atoms with van der Waals surface area (Å²) in [7, 11) is 0. The normalized spacial score (nSPS) is 14.0. The molecule has 3 amide bonds. The third-order valence-corrected chi connectivity index (χ3v) is 7.10. The van der Waals surface area contributed by atoms with Crippen molar-refractivity contribution < 1.29 is 29.4 Å². The molecule has 1 heterocycles. The molecule has 4 atom stereocenters. The molecule has 0 fully saturated rings. The first-order valence-electron chi connectivity index (χ1n) is 12.3. The minimum Gasteiger partial charge on any atom is -0.508 e. The van der Waals surface area contributed by atoms with Gasteiger partial charge in [0.2, 0.25) is 17.7 Å². The molecule has 0 aliphatic heterocycles. The standard InChI is InChI=1S/C25H36N6O6S2/c1-38-9-7-19(29-22(33)18(26)11-15-3-5-17(32)6-4-15)23(34)30-20(8-10-39-2)24(35)31-21(25(36)37)12-16-13-27-14-28-16/h3-6,13-14,18-21,32H,7-12,26H2,1-2H3,(H,27,28)(H,29,33)(H,30,34)(H,31,35)(H,36,37). The number of carboxylic acids is 1. The molecular formula is C25H36N6O6S2. The van der Waals surface area contributed by atoms with Gasteiger partial charge in [-0.2, -0.15) is 23.5 Å². The Hall–Kier alpha value is -3.23. The van der Waals surface area contributed by atoms with Gasteiger partial charge in [-0.1, -0.05) is 12.1 Å². The molecule has 0 saturated heterocycles. The van der Waals surface area contributed by atoms with Crippen molar-refractivity contribution in [1.29, 1.82) is 0 Å². The van der Waals surface area contributed by atoms with Crippen LogP contribution in [-0.4, -0.2) is 92.1 Å². The van der Waals surface area contributed by atoms with Crippen molar-refractivity contribution in [1.82, 2.24) is 25.9 Å². The van der Waals surface area contributed by atoms with Crippen LogP contribution in [0.1, 0.15) is 24.1 Å². The van der Waals surface area contributed by atoms with Crippen molar-refractivity contribution >= 4 is 47.2 Å². The van der Waals surface area contributed by atoms with E-state index in [-0.39, 0.29) is 25.0 Å². The molecule has 39 heavy (non-hydrogen) atoms. The summed E-state index contributed by atoms with van der Waals surface area (Å²) in [5.41, 5.74) is 7.36. The second-order valence-electron chi connectivity index (χ2n) is 8.84. The number of rotatable bonds is 17. The molecule has 1 aromatic carbocycles. The van der Waals surface area contributed by atoms with E-state index < -0.39 is 47.9 Å². The van der Waals surface area contributed by atoms with Gasteiger partial charge in [-0.25, -0.2) is 9.78 Å². The quantitative estimate of drug-likeness (QED) is 0.136. The fourth-order valence-corrected chi connectivity index (χ4v) is 4.57. The first-order chi connectivity index (χ1) is 18.6. The van der Waals surface area contributed by atoms with Crippen LogP contribution >= 0.6 is 23.5 Å². The van der Waals surface area contributed by atoms with Gasteiger partial charge in [-0.05, 0) is 61.0 Å². The predicted octanol–water partition coefficient (Wildman–Crippen LogP) is 0.273. The number of nitrogens with zero attached hydrogens (tertiary/aromatic N) is 1. The number of hydrogen-bond acceptors (Lipinski definition) is 9. The number of thioether (sulfide) groups is 2. The van der Waals surface area contributed by atoms with Gasteiger partial charge in [0, 0.05) is 18.3 Å². The number of carboxylic acid groups (broad SMARTS) is 1. The third kappa shape index (κ3) is 11.2. The fraction of sp³-hybridized carbons (Fsp3) is 0.480. The Balaban J connectivity index is 2.08. The SMILES string of the molecule is CSCCC(NC(=O)C(N)Cc1ccc(O)cc1)C(=O)NC(CCSC)C(=O)NC(Cc1cnc[nH]1)C(=O)O. The second-order valence-corrected chi connectivity index (χ2v) is 10.8. The Labute approximate surface area is 235 Å². The van der Waals surface area contributed by atoms with E-state index in [0.29, 0.717) is 23.6 Å². The minimum atomic E-state index is -1.23. The van der Waals surface area contributed by atoms with Crippen molar-refractivity contribution in [3.8, 4) is 5.75 Å². The topological polar surface area (TPSA) is 200 Å². The number of amides is 3. The van der Waals surface area contributed by atoms with E-state index >= 15 is 0 Å². The van der Waals surface area contributed by atoms with Crippen LogP contribution in [0, 0.1) is 0 Å². The molecule has 0 aliphatic rings. The number of phenolic OH excluding ortho intramolecular Hbond substituents is 1. The minimum absolute atomic E-state index is 0.00437. The van der Waals surface area contributed by atoms with Crippen molar-refractivity contribution in [2.24, 2.45) is 5.73 Å². The molecule has 0 bridgehead atoms. The van der Waals surface area contributed by atoms with Crippen LogP contribution in [-0.2, 0) is 32.0 Å². The van der Waals surface area contributed by atoms with Crippen LogP contribution in [0.5, 0.6) is 5.75 Å². The molecule has 2 aromatic rings. The van der Waals surface area contributed by atoms with E-state index in [9.17, 15) is 29.4 Å².